The fraction of sp³-hybridized carbons (Fsp3) is 0.133. The van der Waals surface area contributed by atoms with E-state index >= 15 is 0 Å². The standard InChI is InChI=1S/C15H11NO4/c17-8-11-5-6-13(20-11)10-3-1-9(2-4-10)12-7-14(18)16-15(12)19/h1-6,8,12H,7H2,(H,16,18,19). The van der Waals surface area contributed by atoms with E-state index < -0.39 is 5.92 Å². The third kappa shape index (κ3) is 2.14. The van der Waals surface area contributed by atoms with Crippen LogP contribution in [0.2, 0.25) is 0 Å². The average Bonchev–Trinajstić information content (AvgIpc) is 3.05. The van der Waals surface area contributed by atoms with E-state index in [-0.39, 0.29) is 24.0 Å². The number of hydrogen-bond acceptors (Lipinski definition) is 4. The lowest BCUT2D eigenvalue weighted by Crippen LogP contribution is -2.21. The van der Waals surface area contributed by atoms with Crippen LogP contribution in [0, 0.1) is 0 Å². The maximum absolute atomic E-state index is 11.6. The Morgan fingerprint density at radius 2 is 1.85 bits per heavy atom. The minimum absolute atomic E-state index is 0.189. The maximum Gasteiger partial charge on any atom is 0.234 e. The van der Waals surface area contributed by atoms with Gasteiger partial charge >= 0.3 is 0 Å². The summed E-state index contributed by atoms with van der Waals surface area (Å²) < 4.78 is 5.32. The van der Waals surface area contributed by atoms with E-state index in [0.29, 0.717) is 12.0 Å². The molecule has 1 aliphatic rings. The molecule has 0 radical (unpaired) electrons. The monoisotopic (exact) mass is 269 g/mol. The largest absolute Gasteiger partial charge is 0.453 e. The van der Waals surface area contributed by atoms with Crippen molar-refractivity contribution in [2.24, 2.45) is 0 Å². The number of aldehydes is 1. The van der Waals surface area contributed by atoms with Gasteiger partial charge < -0.3 is 4.42 Å². The molecule has 100 valence electrons. The van der Waals surface area contributed by atoms with Gasteiger partial charge in [-0.1, -0.05) is 24.3 Å². The molecule has 3 rings (SSSR count). The second-order valence-corrected chi connectivity index (χ2v) is 4.61. The summed E-state index contributed by atoms with van der Waals surface area (Å²) in [5.41, 5.74) is 1.60. The second-order valence-electron chi connectivity index (χ2n) is 4.61. The highest BCUT2D eigenvalue weighted by Crippen LogP contribution is 2.27. The number of carbonyl (C=O) groups is 3. The van der Waals surface area contributed by atoms with Crippen molar-refractivity contribution in [2.75, 3.05) is 0 Å². The third-order valence-electron chi connectivity index (χ3n) is 3.31. The molecule has 1 fully saturated rings. The molecule has 2 amide bonds. The van der Waals surface area contributed by atoms with Crippen LogP contribution in [-0.2, 0) is 9.59 Å². The maximum atomic E-state index is 11.6. The van der Waals surface area contributed by atoms with Crippen molar-refractivity contribution in [3.8, 4) is 11.3 Å². The topological polar surface area (TPSA) is 76.4 Å². The SMILES string of the molecule is O=Cc1ccc(-c2ccc(C3CC(=O)NC3=O)cc2)o1. The molecule has 1 aliphatic heterocycles. The molecule has 2 heterocycles. The first kappa shape index (κ1) is 12.3. The fourth-order valence-electron chi connectivity index (χ4n) is 2.27. The van der Waals surface area contributed by atoms with Crippen LogP contribution in [0.15, 0.2) is 40.8 Å². The Morgan fingerprint density at radius 1 is 1.10 bits per heavy atom. The van der Waals surface area contributed by atoms with E-state index in [1.165, 1.54) is 0 Å². The Bertz CT molecular complexity index is 684. The van der Waals surface area contributed by atoms with E-state index in [1.54, 1.807) is 36.4 Å². The highest BCUT2D eigenvalue weighted by atomic mass is 16.3. The number of carbonyl (C=O) groups excluding carboxylic acids is 3. The predicted molar refractivity (Wildman–Crippen MR) is 70.0 cm³/mol. The number of imide groups is 1. The molecule has 0 bridgehead atoms. The van der Waals surface area contributed by atoms with Crippen LogP contribution in [0.3, 0.4) is 0 Å². The van der Waals surface area contributed by atoms with Gasteiger partial charge in [-0.15, -0.1) is 0 Å². The van der Waals surface area contributed by atoms with Crippen LogP contribution in [0.4, 0.5) is 0 Å². The molecular formula is C15H11NO4. The van der Waals surface area contributed by atoms with Crippen molar-refractivity contribution >= 4 is 18.1 Å². The van der Waals surface area contributed by atoms with Crippen LogP contribution in [-0.4, -0.2) is 18.1 Å². The normalized spacial score (nSPS) is 18.1. The number of rotatable bonds is 3. The van der Waals surface area contributed by atoms with Crippen molar-refractivity contribution < 1.29 is 18.8 Å². The zero-order valence-corrected chi connectivity index (χ0v) is 10.5. The van der Waals surface area contributed by atoms with Crippen LogP contribution in [0.25, 0.3) is 11.3 Å². The molecule has 1 aromatic heterocycles. The molecular weight excluding hydrogens is 258 g/mol. The Morgan fingerprint density at radius 3 is 2.40 bits per heavy atom. The van der Waals surface area contributed by atoms with Gasteiger partial charge in [-0.2, -0.15) is 0 Å². The summed E-state index contributed by atoms with van der Waals surface area (Å²) in [5, 5.41) is 2.29. The third-order valence-corrected chi connectivity index (χ3v) is 3.31. The Kier molecular flexibility index (Phi) is 2.95. The first-order chi connectivity index (χ1) is 9.67. The van der Waals surface area contributed by atoms with Crippen molar-refractivity contribution in [1.82, 2.24) is 5.32 Å². The minimum Gasteiger partial charge on any atom is -0.453 e. The van der Waals surface area contributed by atoms with Gasteiger partial charge in [-0.3, -0.25) is 19.7 Å². The van der Waals surface area contributed by atoms with Crippen LogP contribution in [0.1, 0.15) is 28.5 Å². The highest BCUT2D eigenvalue weighted by molar-refractivity contribution is 6.06. The van der Waals surface area contributed by atoms with E-state index in [9.17, 15) is 14.4 Å². The first-order valence-corrected chi connectivity index (χ1v) is 6.16. The quantitative estimate of drug-likeness (QED) is 0.682. The number of benzene rings is 1. The second kappa shape index (κ2) is 4.77. The zero-order valence-electron chi connectivity index (χ0n) is 10.5. The summed E-state index contributed by atoms with van der Waals surface area (Å²) in [6.07, 6.45) is 0.834. The Labute approximate surface area is 114 Å². The minimum atomic E-state index is -0.418. The van der Waals surface area contributed by atoms with Gasteiger partial charge in [-0.05, 0) is 17.7 Å². The summed E-state index contributed by atoms with van der Waals surface area (Å²) in [7, 11) is 0. The molecule has 0 saturated carbocycles. The summed E-state index contributed by atoms with van der Waals surface area (Å²) in [5.74, 6) is -0.0659. The summed E-state index contributed by atoms with van der Waals surface area (Å²) in [4.78, 5) is 33.4. The van der Waals surface area contributed by atoms with Gasteiger partial charge in [-0.25, -0.2) is 0 Å². The van der Waals surface area contributed by atoms with Gasteiger partial charge in [0.25, 0.3) is 0 Å². The smallest absolute Gasteiger partial charge is 0.234 e. The van der Waals surface area contributed by atoms with Crippen molar-refractivity contribution in [3.63, 3.8) is 0 Å². The van der Waals surface area contributed by atoms with Crippen LogP contribution >= 0.6 is 0 Å². The summed E-state index contributed by atoms with van der Waals surface area (Å²) in [6, 6.07) is 10.5. The molecule has 0 spiro atoms. The number of hydrogen-bond donors (Lipinski definition) is 1. The molecule has 1 saturated heterocycles. The molecule has 2 aromatic rings. The molecule has 5 heteroatoms. The lowest BCUT2D eigenvalue weighted by Gasteiger charge is -2.06. The lowest BCUT2D eigenvalue weighted by molar-refractivity contribution is -0.125. The predicted octanol–water partition coefficient (Wildman–Crippen LogP) is 1.89. The van der Waals surface area contributed by atoms with Crippen LogP contribution < -0.4 is 5.32 Å². The fourth-order valence-corrected chi connectivity index (χ4v) is 2.27. The van der Waals surface area contributed by atoms with E-state index in [0.717, 1.165) is 11.1 Å². The number of furan rings is 1. The molecule has 1 atom stereocenters. The molecule has 1 aromatic carbocycles. The Balaban J connectivity index is 1.86. The van der Waals surface area contributed by atoms with E-state index in [1.807, 2.05) is 0 Å². The summed E-state index contributed by atoms with van der Waals surface area (Å²) >= 11 is 0. The van der Waals surface area contributed by atoms with Gasteiger partial charge in [0, 0.05) is 12.0 Å². The lowest BCUT2D eigenvalue weighted by atomic mass is 9.96. The molecule has 5 nitrogen and oxygen atoms in total. The van der Waals surface area contributed by atoms with Gasteiger partial charge in [0.05, 0.1) is 5.92 Å². The molecule has 0 aliphatic carbocycles. The number of nitrogens with one attached hydrogen (secondary N) is 1. The van der Waals surface area contributed by atoms with Crippen molar-refractivity contribution in [2.45, 2.75) is 12.3 Å². The molecule has 1 unspecified atom stereocenters. The Hall–Kier alpha value is -2.69. The first-order valence-electron chi connectivity index (χ1n) is 6.16. The van der Waals surface area contributed by atoms with Gasteiger partial charge in [0.1, 0.15) is 5.76 Å². The van der Waals surface area contributed by atoms with Crippen molar-refractivity contribution in [1.29, 1.82) is 0 Å². The van der Waals surface area contributed by atoms with E-state index in [2.05, 4.69) is 5.32 Å². The van der Waals surface area contributed by atoms with Crippen molar-refractivity contribution in [3.05, 3.63) is 47.7 Å². The highest BCUT2D eigenvalue weighted by Gasteiger charge is 2.31. The van der Waals surface area contributed by atoms with Crippen LogP contribution in [0.5, 0.6) is 0 Å². The summed E-state index contributed by atoms with van der Waals surface area (Å²) in [6.45, 7) is 0. The van der Waals surface area contributed by atoms with Gasteiger partial charge in [0.15, 0.2) is 12.0 Å². The number of amides is 2. The average molecular weight is 269 g/mol. The molecule has 1 N–H and O–H groups in total. The molecule has 20 heavy (non-hydrogen) atoms. The zero-order chi connectivity index (χ0) is 14.1. The van der Waals surface area contributed by atoms with E-state index in [4.69, 9.17) is 4.42 Å². The van der Waals surface area contributed by atoms with Gasteiger partial charge in [0.2, 0.25) is 11.8 Å².